The maximum absolute atomic E-state index is 14.2. The highest BCUT2D eigenvalue weighted by atomic mass is 19.1. The van der Waals surface area contributed by atoms with Gasteiger partial charge in [-0.3, -0.25) is 0 Å². The van der Waals surface area contributed by atoms with Gasteiger partial charge in [0.1, 0.15) is 5.82 Å². The third kappa shape index (κ3) is 4.52. The van der Waals surface area contributed by atoms with E-state index < -0.39 is 0 Å². The summed E-state index contributed by atoms with van der Waals surface area (Å²) >= 11 is 0. The van der Waals surface area contributed by atoms with Gasteiger partial charge in [-0.05, 0) is 49.4 Å². The van der Waals surface area contributed by atoms with Gasteiger partial charge in [-0.25, -0.2) is 14.4 Å². The molecule has 1 heterocycles. The Labute approximate surface area is 131 Å². The highest BCUT2D eigenvalue weighted by Gasteiger charge is 2.10. The number of nitrogens with zero attached hydrogens (tertiary/aromatic N) is 2. The number of aromatic nitrogens is 2. The number of ether oxygens (including phenoxy) is 1. The van der Waals surface area contributed by atoms with Crippen LogP contribution >= 0.6 is 0 Å². The SMILES string of the molecule is Cc1nccc(-c2ccc(OCC(C)CC(C)C)c(F)c2)n1. The first kappa shape index (κ1) is 16.4. The van der Waals surface area contributed by atoms with Crippen LogP contribution in [0, 0.1) is 24.6 Å². The predicted molar refractivity (Wildman–Crippen MR) is 86.3 cm³/mol. The van der Waals surface area contributed by atoms with Gasteiger partial charge in [-0.1, -0.05) is 20.8 Å². The van der Waals surface area contributed by atoms with Crippen LogP contribution in [0.2, 0.25) is 0 Å². The van der Waals surface area contributed by atoms with Crippen LogP contribution in [0.4, 0.5) is 4.39 Å². The van der Waals surface area contributed by atoms with Crippen LogP contribution < -0.4 is 4.74 Å². The Hall–Kier alpha value is -1.97. The number of rotatable bonds is 6. The second-order valence-corrected chi connectivity index (χ2v) is 6.18. The van der Waals surface area contributed by atoms with Gasteiger partial charge in [-0.2, -0.15) is 0 Å². The molecule has 0 spiro atoms. The van der Waals surface area contributed by atoms with Gasteiger partial charge in [0.2, 0.25) is 0 Å². The summed E-state index contributed by atoms with van der Waals surface area (Å²) < 4.78 is 19.8. The Morgan fingerprint density at radius 1 is 1.18 bits per heavy atom. The summed E-state index contributed by atoms with van der Waals surface area (Å²) in [6, 6.07) is 6.73. The van der Waals surface area contributed by atoms with E-state index in [2.05, 4.69) is 30.7 Å². The zero-order chi connectivity index (χ0) is 16.1. The van der Waals surface area contributed by atoms with Gasteiger partial charge in [0.15, 0.2) is 11.6 Å². The first-order valence-electron chi connectivity index (χ1n) is 7.68. The lowest BCUT2D eigenvalue weighted by Gasteiger charge is -2.15. The molecule has 22 heavy (non-hydrogen) atoms. The normalized spacial score (nSPS) is 12.5. The maximum atomic E-state index is 14.2. The average Bonchev–Trinajstić information content (AvgIpc) is 2.45. The lowest BCUT2D eigenvalue weighted by Crippen LogP contribution is -2.11. The molecule has 4 heteroatoms. The summed E-state index contributed by atoms with van der Waals surface area (Å²) in [5, 5.41) is 0. The van der Waals surface area contributed by atoms with Gasteiger partial charge in [0.05, 0.1) is 12.3 Å². The molecule has 0 saturated carbocycles. The van der Waals surface area contributed by atoms with Gasteiger partial charge in [0, 0.05) is 11.8 Å². The summed E-state index contributed by atoms with van der Waals surface area (Å²) in [5.41, 5.74) is 1.44. The van der Waals surface area contributed by atoms with Crippen molar-refractivity contribution in [2.24, 2.45) is 11.8 Å². The van der Waals surface area contributed by atoms with Crippen LogP contribution in [0.3, 0.4) is 0 Å². The van der Waals surface area contributed by atoms with Crippen molar-refractivity contribution < 1.29 is 9.13 Å². The lowest BCUT2D eigenvalue weighted by atomic mass is 10.00. The molecule has 1 atom stereocenters. The highest BCUT2D eigenvalue weighted by molar-refractivity contribution is 5.60. The summed E-state index contributed by atoms with van der Waals surface area (Å²) in [6.45, 7) is 8.82. The minimum Gasteiger partial charge on any atom is -0.490 e. The Kier molecular flexibility index (Phi) is 5.47. The first-order chi connectivity index (χ1) is 10.5. The number of hydrogen-bond donors (Lipinski definition) is 0. The molecule has 0 aliphatic heterocycles. The van der Waals surface area contributed by atoms with Crippen LogP contribution in [0.15, 0.2) is 30.5 Å². The molecule has 0 aliphatic carbocycles. The Morgan fingerprint density at radius 2 is 1.95 bits per heavy atom. The van der Waals surface area contributed by atoms with E-state index in [9.17, 15) is 4.39 Å². The predicted octanol–water partition coefficient (Wildman–Crippen LogP) is 4.65. The van der Waals surface area contributed by atoms with Gasteiger partial charge >= 0.3 is 0 Å². The van der Waals surface area contributed by atoms with Gasteiger partial charge in [0.25, 0.3) is 0 Å². The fourth-order valence-electron chi connectivity index (χ4n) is 2.50. The minimum absolute atomic E-state index is 0.296. The number of hydrogen-bond acceptors (Lipinski definition) is 3. The molecule has 118 valence electrons. The van der Waals surface area contributed by atoms with Crippen molar-refractivity contribution in [3.05, 3.63) is 42.1 Å². The van der Waals surface area contributed by atoms with Crippen molar-refractivity contribution in [3.63, 3.8) is 0 Å². The van der Waals surface area contributed by atoms with Gasteiger partial charge < -0.3 is 4.74 Å². The number of halogens is 1. The Morgan fingerprint density at radius 3 is 2.59 bits per heavy atom. The van der Waals surface area contributed by atoms with Crippen molar-refractivity contribution in [2.45, 2.75) is 34.1 Å². The zero-order valence-corrected chi connectivity index (χ0v) is 13.6. The lowest BCUT2D eigenvalue weighted by molar-refractivity contribution is 0.230. The smallest absolute Gasteiger partial charge is 0.165 e. The molecule has 0 bridgehead atoms. The highest BCUT2D eigenvalue weighted by Crippen LogP contribution is 2.25. The fraction of sp³-hybridized carbons (Fsp3) is 0.444. The molecule has 3 nitrogen and oxygen atoms in total. The Balaban J connectivity index is 2.07. The van der Waals surface area contributed by atoms with Crippen molar-refractivity contribution in [1.82, 2.24) is 9.97 Å². The van der Waals surface area contributed by atoms with Crippen molar-refractivity contribution in [1.29, 1.82) is 0 Å². The Bertz CT molecular complexity index is 628. The summed E-state index contributed by atoms with van der Waals surface area (Å²) in [7, 11) is 0. The molecule has 0 N–H and O–H groups in total. The van der Waals surface area contributed by atoms with E-state index in [0.717, 1.165) is 12.0 Å². The minimum atomic E-state index is -0.356. The summed E-state index contributed by atoms with van der Waals surface area (Å²) in [5.74, 6) is 1.63. The number of benzene rings is 1. The molecule has 1 unspecified atom stereocenters. The van der Waals surface area contributed by atoms with Crippen molar-refractivity contribution in [2.75, 3.05) is 6.61 Å². The zero-order valence-electron chi connectivity index (χ0n) is 13.6. The standard InChI is InChI=1S/C18H23FN2O/c1-12(2)9-13(3)11-22-18-6-5-15(10-16(18)19)17-7-8-20-14(4)21-17/h5-8,10,12-13H,9,11H2,1-4H3. The maximum Gasteiger partial charge on any atom is 0.165 e. The van der Waals surface area contributed by atoms with E-state index in [4.69, 9.17) is 4.74 Å². The van der Waals surface area contributed by atoms with Crippen molar-refractivity contribution >= 4 is 0 Å². The topological polar surface area (TPSA) is 35.0 Å². The molecule has 1 aromatic carbocycles. The summed E-state index contributed by atoms with van der Waals surface area (Å²) in [4.78, 5) is 8.35. The van der Waals surface area contributed by atoms with Crippen molar-refractivity contribution in [3.8, 4) is 17.0 Å². The van der Waals surface area contributed by atoms with E-state index in [1.807, 2.05) is 13.0 Å². The van der Waals surface area contributed by atoms with Crippen LogP contribution in [0.5, 0.6) is 5.75 Å². The quantitative estimate of drug-likeness (QED) is 0.779. The largest absolute Gasteiger partial charge is 0.490 e. The van der Waals surface area contributed by atoms with Crippen LogP contribution in [0.1, 0.15) is 33.0 Å². The molecule has 0 fully saturated rings. The second kappa shape index (κ2) is 7.34. The van der Waals surface area contributed by atoms with Crippen LogP contribution in [-0.4, -0.2) is 16.6 Å². The monoisotopic (exact) mass is 302 g/mol. The molecule has 2 rings (SSSR count). The first-order valence-corrected chi connectivity index (χ1v) is 7.68. The summed E-state index contributed by atoms with van der Waals surface area (Å²) in [6.07, 6.45) is 2.74. The molecule has 0 amide bonds. The van der Waals surface area contributed by atoms with E-state index in [0.29, 0.717) is 35.7 Å². The van der Waals surface area contributed by atoms with E-state index >= 15 is 0 Å². The van der Waals surface area contributed by atoms with E-state index in [1.165, 1.54) is 6.07 Å². The number of aryl methyl sites for hydroxylation is 1. The van der Waals surface area contributed by atoms with E-state index in [1.54, 1.807) is 18.3 Å². The van der Waals surface area contributed by atoms with Gasteiger partial charge in [-0.15, -0.1) is 0 Å². The van der Waals surface area contributed by atoms with E-state index in [-0.39, 0.29) is 5.82 Å². The molecule has 0 saturated heterocycles. The molecule has 0 aliphatic rings. The van der Waals surface area contributed by atoms with Crippen LogP contribution in [0.25, 0.3) is 11.3 Å². The average molecular weight is 302 g/mol. The van der Waals surface area contributed by atoms with Crippen LogP contribution in [-0.2, 0) is 0 Å². The molecular formula is C18H23FN2O. The molecule has 0 radical (unpaired) electrons. The molecule has 1 aromatic heterocycles. The fourth-order valence-corrected chi connectivity index (χ4v) is 2.50. The second-order valence-electron chi connectivity index (χ2n) is 6.18. The molecule has 2 aromatic rings. The third-order valence-electron chi connectivity index (χ3n) is 3.40. The third-order valence-corrected chi connectivity index (χ3v) is 3.40. The molecular weight excluding hydrogens is 279 g/mol.